The van der Waals surface area contributed by atoms with Gasteiger partial charge in [0.25, 0.3) is 0 Å². The number of anilines is 1. The number of hydrogen-bond acceptors (Lipinski definition) is 7. The quantitative estimate of drug-likeness (QED) is 0.491. The molecule has 2 saturated heterocycles. The number of rotatable bonds is 5. The van der Waals surface area contributed by atoms with Gasteiger partial charge in [0.15, 0.2) is 5.78 Å². The Hall–Kier alpha value is -3.65. The zero-order chi connectivity index (χ0) is 21.7. The molecule has 1 N–H and O–H groups in total. The van der Waals surface area contributed by atoms with Crippen molar-refractivity contribution in [3.05, 3.63) is 66.5 Å². The van der Waals surface area contributed by atoms with E-state index < -0.39 is 0 Å². The SMILES string of the molecule is Cn1cc(-c2ccc3cnc(CC(=O)c4ccnc(N5CC6CC5CN6)c4)nc3c2)cn1. The fourth-order valence-electron chi connectivity index (χ4n) is 4.73. The summed E-state index contributed by atoms with van der Waals surface area (Å²) in [6.45, 7) is 1.93. The van der Waals surface area contributed by atoms with E-state index in [1.54, 1.807) is 23.1 Å². The number of pyridine rings is 1. The van der Waals surface area contributed by atoms with Crippen LogP contribution in [0, 0.1) is 0 Å². The van der Waals surface area contributed by atoms with Crippen molar-refractivity contribution in [1.29, 1.82) is 0 Å². The molecule has 160 valence electrons. The van der Waals surface area contributed by atoms with Crippen LogP contribution < -0.4 is 10.2 Å². The lowest BCUT2D eigenvalue weighted by Crippen LogP contribution is -2.44. The molecule has 2 unspecified atom stereocenters. The lowest BCUT2D eigenvalue weighted by Gasteiger charge is -2.28. The van der Waals surface area contributed by atoms with Gasteiger partial charge in [-0.05, 0) is 30.2 Å². The Bertz CT molecular complexity index is 1330. The highest BCUT2D eigenvalue weighted by atomic mass is 16.1. The summed E-state index contributed by atoms with van der Waals surface area (Å²) in [5, 5.41) is 8.68. The Morgan fingerprint density at radius 1 is 1.16 bits per heavy atom. The van der Waals surface area contributed by atoms with E-state index in [2.05, 4.69) is 30.3 Å². The number of aromatic nitrogens is 5. The average molecular weight is 425 g/mol. The van der Waals surface area contributed by atoms with Gasteiger partial charge in [0.05, 0.1) is 18.1 Å². The summed E-state index contributed by atoms with van der Waals surface area (Å²) in [5.74, 6) is 1.40. The molecule has 3 aromatic heterocycles. The van der Waals surface area contributed by atoms with Gasteiger partial charge in [-0.25, -0.2) is 15.0 Å². The third-order valence-corrected chi connectivity index (χ3v) is 6.41. The number of benzene rings is 1. The van der Waals surface area contributed by atoms with Crippen LogP contribution in [0.5, 0.6) is 0 Å². The lowest BCUT2D eigenvalue weighted by molar-refractivity contribution is 0.0991. The second-order valence-electron chi connectivity index (χ2n) is 8.61. The molecule has 2 bridgehead atoms. The highest BCUT2D eigenvalue weighted by Crippen LogP contribution is 2.28. The standard InChI is InChI=1S/C24H23N7O/c1-30-13-18(11-28-30)15-2-3-17-10-27-23(29-21(17)6-15)9-22(32)16-4-5-25-24(7-16)31-14-19-8-20(31)12-26-19/h2-7,10-11,13,19-20,26H,8-9,12,14H2,1H3. The van der Waals surface area contributed by atoms with Crippen LogP contribution in [0.25, 0.3) is 22.0 Å². The van der Waals surface area contributed by atoms with E-state index in [1.165, 1.54) is 0 Å². The number of fused-ring (bicyclic) bond motifs is 3. The van der Waals surface area contributed by atoms with Gasteiger partial charge in [-0.2, -0.15) is 5.10 Å². The van der Waals surface area contributed by atoms with E-state index in [9.17, 15) is 4.79 Å². The first-order valence-corrected chi connectivity index (χ1v) is 10.9. The van der Waals surface area contributed by atoms with E-state index in [1.807, 2.05) is 43.7 Å². The Labute approximate surface area is 185 Å². The largest absolute Gasteiger partial charge is 0.351 e. The first kappa shape index (κ1) is 19.1. The van der Waals surface area contributed by atoms with Crippen LogP contribution in [0.1, 0.15) is 22.6 Å². The van der Waals surface area contributed by atoms with Gasteiger partial charge in [0, 0.05) is 67.3 Å². The number of carbonyl (C=O) groups excluding carboxylic acids is 1. The van der Waals surface area contributed by atoms with E-state index in [0.717, 1.165) is 47.4 Å². The molecule has 8 heteroatoms. The molecule has 0 spiro atoms. The van der Waals surface area contributed by atoms with Crippen molar-refractivity contribution in [3.63, 3.8) is 0 Å². The maximum Gasteiger partial charge on any atom is 0.170 e. The minimum absolute atomic E-state index is 0.00102. The molecule has 0 amide bonds. The summed E-state index contributed by atoms with van der Waals surface area (Å²) in [7, 11) is 1.89. The zero-order valence-electron chi connectivity index (χ0n) is 17.8. The highest BCUT2D eigenvalue weighted by Gasteiger charge is 2.38. The van der Waals surface area contributed by atoms with Crippen molar-refractivity contribution in [2.24, 2.45) is 7.05 Å². The van der Waals surface area contributed by atoms with Crippen LogP contribution in [-0.4, -0.2) is 55.7 Å². The molecule has 0 saturated carbocycles. The van der Waals surface area contributed by atoms with E-state index in [0.29, 0.717) is 23.5 Å². The summed E-state index contributed by atoms with van der Waals surface area (Å²) < 4.78 is 1.77. The lowest BCUT2D eigenvalue weighted by atomic mass is 10.1. The number of Topliss-reactive ketones (excluding diaryl/α,β-unsaturated/α-hetero) is 1. The molecule has 8 nitrogen and oxygen atoms in total. The second kappa shape index (κ2) is 7.49. The first-order chi connectivity index (χ1) is 15.6. The highest BCUT2D eigenvalue weighted by molar-refractivity contribution is 5.98. The monoisotopic (exact) mass is 425 g/mol. The minimum atomic E-state index is -0.00102. The van der Waals surface area contributed by atoms with Gasteiger partial charge < -0.3 is 10.2 Å². The number of carbonyl (C=O) groups is 1. The maximum absolute atomic E-state index is 13.0. The molecule has 4 aromatic rings. The summed E-state index contributed by atoms with van der Waals surface area (Å²) in [4.78, 5) is 28.9. The van der Waals surface area contributed by atoms with Crippen molar-refractivity contribution in [3.8, 4) is 11.1 Å². The number of aryl methyl sites for hydroxylation is 1. The Kier molecular flexibility index (Phi) is 4.46. The fourth-order valence-corrected chi connectivity index (χ4v) is 4.73. The normalized spacial score (nSPS) is 19.7. The molecular formula is C24H23N7O. The Balaban J connectivity index is 1.24. The Morgan fingerprint density at radius 3 is 2.88 bits per heavy atom. The zero-order valence-corrected chi connectivity index (χ0v) is 17.8. The van der Waals surface area contributed by atoms with Gasteiger partial charge in [0.1, 0.15) is 11.6 Å². The molecule has 2 fully saturated rings. The van der Waals surface area contributed by atoms with Crippen LogP contribution in [0.4, 0.5) is 5.82 Å². The molecule has 2 atom stereocenters. The summed E-state index contributed by atoms with van der Waals surface area (Å²) >= 11 is 0. The van der Waals surface area contributed by atoms with Crippen LogP contribution >= 0.6 is 0 Å². The topological polar surface area (TPSA) is 88.8 Å². The van der Waals surface area contributed by atoms with E-state index in [-0.39, 0.29) is 12.2 Å². The maximum atomic E-state index is 13.0. The smallest absolute Gasteiger partial charge is 0.170 e. The second-order valence-corrected chi connectivity index (χ2v) is 8.61. The van der Waals surface area contributed by atoms with E-state index in [4.69, 9.17) is 0 Å². The van der Waals surface area contributed by atoms with E-state index >= 15 is 0 Å². The van der Waals surface area contributed by atoms with Gasteiger partial charge in [0.2, 0.25) is 0 Å². The minimum Gasteiger partial charge on any atom is -0.351 e. The van der Waals surface area contributed by atoms with Crippen LogP contribution in [-0.2, 0) is 13.5 Å². The number of nitrogens with zero attached hydrogens (tertiary/aromatic N) is 6. The molecule has 0 radical (unpaired) electrons. The molecule has 1 aromatic carbocycles. The average Bonchev–Trinajstić information content (AvgIpc) is 3.56. The van der Waals surface area contributed by atoms with Gasteiger partial charge in [-0.3, -0.25) is 9.48 Å². The molecule has 6 rings (SSSR count). The third kappa shape index (κ3) is 3.42. The molecule has 32 heavy (non-hydrogen) atoms. The van der Waals surface area contributed by atoms with Crippen molar-refractivity contribution >= 4 is 22.5 Å². The van der Waals surface area contributed by atoms with Crippen LogP contribution in [0.2, 0.25) is 0 Å². The molecule has 2 aliphatic rings. The van der Waals surface area contributed by atoms with Gasteiger partial charge in [-0.1, -0.05) is 12.1 Å². The van der Waals surface area contributed by atoms with Crippen molar-refractivity contribution in [2.75, 3.05) is 18.0 Å². The number of hydrogen-bond donors (Lipinski definition) is 1. The fraction of sp³-hybridized carbons (Fsp3) is 0.292. The third-order valence-electron chi connectivity index (χ3n) is 6.41. The van der Waals surface area contributed by atoms with Gasteiger partial charge >= 0.3 is 0 Å². The van der Waals surface area contributed by atoms with Crippen molar-refractivity contribution in [1.82, 2.24) is 30.0 Å². The summed E-state index contributed by atoms with van der Waals surface area (Å²) in [5.41, 5.74) is 3.54. The summed E-state index contributed by atoms with van der Waals surface area (Å²) in [6.07, 6.45) is 8.61. The van der Waals surface area contributed by atoms with Gasteiger partial charge in [-0.15, -0.1) is 0 Å². The molecule has 2 aliphatic heterocycles. The van der Waals surface area contributed by atoms with Crippen molar-refractivity contribution in [2.45, 2.75) is 24.9 Å². The summed E-state index contributed by atoms with van der Waals surface area (Å²) in [6, 6.07) is 10.7. The van der Waals surface area contributed by atoms with Crippen molar-refractivity contribution < 1.29 is 4.79 Å². The number of nitrogens with one attached hydrogen (secondary N) is 1. The first-order valence-electron chi connectivity index (χ1n) is 10.9. The van der Waals surface area contributed by atoms with Crippen LogP contribution in [0.15, 0.2) is 55.1 Å². The molecule has 5 heterocycles. The Morgan fingerprint density at radius 2 is 2.09 bits per heavy atom. The molecule has 0 aliphatic carbocycles. The number of ketones is 1. The predicted octanol–water partition coefficient (Wildman–Crippen LogP) is 2.40. The number of piperazine rings is 1. The predicted molar refractivity (Wildman–Crippen MR) is 122 cm³/mol. The van der Waals surface area contributed by atoms with Crippen LogP contribution in [0.3, 0.4) is 0 Å². The molecular weight excluding hydrogens is 402 g/mol.